The number of aryl methyl sites for hydroxylation is 1. The Morgan fingerprint density at radius 1 is 1.79 bits per heavy atom. The van der Waals surface area contributed by atoms with Crippen molar-refractivity contribution in [2.75, 3.05) is 0 Å². The Labute approximate surface area is 89.0 Å². The van der Waals surface area contributed by atoms with Gasteiger partial charge in [0.05, 0.1) is 5.01 Å². The zero-order valence-corrected chi connectivity index (χ0v) is 9.31. The van der Waals surface area contributed by atoms with E-state index in [9.17, 15) is 0 Å². The number of nitrogens with one attached hydrogen (secondary N) is 1. The fraction of sp³-hybridized carbons (Fsp3) is 0.500. The molecule has 0 aliphatic heterocycles. The first-order valence-corrected chi connectivity index (χ1v) is 5.62. The number of rotatable bonds is 6. The summed E-state index contributed by atoms with van der Waals surface area (Å²) < 4.78 is 0. The maximum absolute atomic E-state index is 5.46. The summed E-state index contributed by atoms with van der Waals surface area (Å²) in [6.07, 6.45) is 4.82. The Bertz CT molecular complexity index is 283. The van der Waals surface area contributed by atoms with Crippen molar-refractivity contribution in [2.45, 2.75) is 32.2 Å². The van der Waals surface area contributed by atoms with Gasteiger partial charge >= 0.3 is 0 Å². The van der Waals surface area contributed by atoms with E-state index in [-0.39, 0.29) is 0 Å². The minimum Gasteiger partial charge on any atom is -0.271 e. The van der Waals surface area contributed by atoms with Gasteiger partial charge in [-0.3, -0.25) is 11.3 Å². The average molecular weight is 211 g/mol. The average Bonchev–Trinajstić information content (AvgIpc) is 2.58. The van der Waals surface area contributed by atoms with Gasteiger partial charge in [-0.15, -0.1) is 17.9 Å². The Hall–Kier alpha value is -0.710. The number of allylic oxidation sites excluding steroid dienone is 1. The fourth-order valence-electron chi connectivity index (χ4n) is 1.27. The molecule has 14 heavy (non-hydrogen) atoms. The van der Waals surface area contributed by atoms with E-state index in [4.69, 9.17) is 5.84 Å². The van der Waals surface area contributed by atoms with E-state index in [0.29, 0.717) is 6.04 Å². The molecule has 0 saturated carbocycles. The lowest BCUT2D eigenvalue weighted by Gasteiger charge is -2.12. The van der Waals surface area contributed by atoms with Gasteiger partial charge in [-0.2, -0.15) is 0 Å². The van der Waals surface area contributed by atoms with Gasteiger partial charge in [-0.05, 0) is 19.8 Å². The zero-order chi connectivity index (χ0) is 10.4. The van der Waals surface area contributed by atoms with Gasteiger partial charge < -0.3 is 0 Å². The molecule has 4 heteroatoms. The van der Waals surface area contributed by atoms with E-state index in [2.05, 4.69) is 22.4 Å². The number of hydrogen-bond donors (Lipinski definition) is 2. The lowest BCUT2D eigenvalue weighted by Crippen LogP contribution is -2.36. The number of hydrogen-bond acceptors (Lipinski definition) is 4. The SMILES string of the molecule is C=CCCC(Cc1nc(C)cs1)NN. The van der Waals surface area contributed by atoms with Crippen LogP contribution in [0.15, 0.2) is 18.0 Å². The molecule has 0 aromatic carbocycles. The molecule has 0 amide bonds. The van der Waals surface area contributed by atoms with Crippen molar-refractivity contribution in [3.05, 3.63) is 28.7 Å². The summed E-state index contributed by atoms with van der Waals surface area (Å²) in [6.45, 7) is 5.71. The van der Waals surface area contributed by atoms with Crippen molar-refractivity contribution in [1.29, 1.82) is 0 Å². The van der Waals surface area contributed by atoms with Gasteiger partial charge in [-0.1, -0.05) is 6.08 Å². The highest BCUT2D eigenvalue weighted by atomic mass is 32.1. The minimum atomic E-state index is 0.304. The van der Waals surface area contributed by atoms with Crippen LogP contribution in [0.1, 0.15) is 23.5 Å². The number of thiazole rings is 1. The van der Waals surface area contributed by atoms with E-state index >= 15 is 0 Å². The second kappa shape index (κ2) is 5.90. The van der Waals surface area contributed by atoms with Crippen molar-refractivity contribution in [2.24, 2.45) is 5.84 Å². The molecule has 0 spiro atoms. The smallest absolute Gasteiger partial charge is 0.0944 e. The summed E-state index contributed by atoms with van der Waals surface area (Å²) in [7, 11) is 0. The molecule has 3 nitrogen and oxygen atoms in total. The maximum atomic E-state index is 5.46. The van der Waals surface area contributed by atoms with Gasteiger partial charge in [0, 0.05) is 23.5 Å². The molecule has 1 aromatic heterocycles. The molecule has 1 heterocycles. The number of nitrogens with zero attached hydrogens (tertiary/aromatic N) is 1. The first-order valence-electron chi connectivity index (χ1n) is 4.74. The predicted octanol–water partition coefficient (Wildman–Crippen LogP) is 1.79. The Kier molecular flexibility index (Phi) is 4.79. The maximum Gasteiger partial charge on any atom is 0.0944 e. The summed E-state index contributed by atoms with van der Waals surface area (Å²) in [6, 6.07) is 0.304. The van der Waals surface area contributed by atoms with Crippen LogP contribution in [-0.2, 0) is 6.42 Å². The number of hydrazine groups is 1. The molecule has 1 aromatic rings. The molecular formula is C10H17N3S. The van der Waals surface area contributed by atoms with Crippen LogP contribution in [0.4, 0.5) is 0 Å². The van der Waals surface area contributed by atoms with Crippen molar-refractivity contribution in [1.82, 2.24) is 10.4 Å². The van der Waals surface area contributed by atoms with Crippen molar-refractivity contribution >= 4 is 11.3 Å². The van der Waals surface area contributed by atoms with Gasteiger partial charge in [0.1, 0.15) is 0 Å². The van der Waals surface area contributed by atoms with Crippen LogP contribution < -0.4 is 11.3 Å². The normalized spacial score (nSPS) is 12.7. The van der Waals surface area contributed by atoms with Crippen molar-refractivity contribution in [3.63, 3.8) is 0 Å². The van der Waals surface area contributed by atoms with Crippen LogP contribution in [0.2, 0.25) is 0 Å². The standard InChI is InChI=1S/C10H17N3S/c1-3-4-5-9(13-11)6-10-12-8(2)7-14-10/h3,7,9,13H,1,4-6,11H2,2H3. The highest BCUT2D eigenvalue weighted by Crippen LogP contribution is 2.12. The molecule has 0 radical (unpaired) electrons. The Balaban J connectivity index is 2.43. The molecular weight excluding hydrogens is 194 g/mol. The third-order valence-electron chi connectivity index (χ3n) is 2.04. The fourth-order valence-corrected chi connectivity index (χ4v) is 2.12. The highest BCUT2D eigenvalue weighted by Gasteiger charge is 2.08. The lowest BCUT2D eigenvalue weighted by atomic mass is 10.1. The molecule has 0 aliphatic rings. The molecule has 0 aliphatic carbocycles. The first kappa shape index (κ1) is 11.4. The monoisotopic (exact) mass is 211 g/mol. The molecule has 1 unspecified atom stereocenters. The number of nitrogens with two attached hydrogens (primary N) is 1. The second-order valence-electron chi connectivity index (χ2n) is 3.32. The molecule has 0 fully saturated rings. The molecule has 78 valence electrons. The third-order valence-corrected chi connectivity index (χ3v) is 3.03. The molecule has 0 bridgehead atoms. The number of aromatic nitrogens is 1. The summed E-state index contributed by atoms with van der Waals surface area (Å²) in [4.78, 5) is 4.40. The summed E-state index contributed by atoms with van der Waals surface area (Å²) >= 11 is 1.69. The molecule has 1 atom stereocenters. The van der Waals surface area contributed by atoms with Crippen molar-refractivity contribution < 1.29 is 0 Å². The van der Waals surface area contributed by atoms with Crippen LogP contribution in [0.3, 0.4) is 0 Å². The predicted molar refractivity (Wildman–Crippen MR) is 61.1 cm³/mol. The molecule has 0 saturated heterocycles. The van der Waals surface area contributed by atoms with E-state index in [1.807, 2.05) is 13.0 Å². The molecule has 1 rings (SSSR count). The van der Waals surface area contributed by atoms with Crippen LogP contribution in [-0.4, -0.2) is 11.0 Å². The van der Waals surface area contributed by atoms with E-state index in [1.54, 1.807) is 11.3 Å². The Morgan fingerprint density at radius 3 is 3.07 bits per heavy atom. The van der Waals surface area contributed by atoms with Gasteiger partial charge in [0.25, 0.3) is 0 Å². The minimum absolute atomic E-state index is 0.304. The Morgan fingerprint density at radius 2 is 2.57 bits per heavy atom. The quantitative estimate of drug-likeness (QED) is 0.428. The second-order valence-corrected chi connectivity index (χ2v) is 4.26. The van der Waals surface area contributed by atoms with Gasteiger partial charge in [0.15, 0.2) is 0 Å². The van der Waals surface area contributed by atoms with E-state index in [1.165, 1.54) is 0 Å². The van der Waals surface area contributed by atoms with Crippen LogP contribution >= 0.6 is 11.3 Å². The topological polar surface area (TPSA) is 50.9 Å². The van der Waals surface area contributed by atoms with Crippen LogP contribution in [0, 0.1) is 6.92 Å². The van der Waals surface area contributed by atoms with Gasteiger partial charge in [-0.25, -0.2) is 4.98 Å². The highest BCUT2D eigenvalue weighted by molar-refractivity contribution is 7.09. The first-order chi connectivity index (χ1) is 6.76. The third kappa shape index (κ3) is 3.57. The van der Waals surface area contributed by atoms with E-state index < -0.39 is 0 Å². The summed E-state index contributed by atoms with van der Waals surface area (Å²) in [5.41, 5.74) is 3.90. The summed E-state index contributed by atoms with van der Waals surface area (Å²) in [5, 5.41) is 3.21. The van der Waals surface area contributed by atoms with Crippen LogP contribution in [0.25, 0.3) is 0 Å². The largest absolute Gasteiger partial charge is 0.271 e. The van der Waals surface area contributed by atoms with Crippen LogP contribution in [0.5, 0.6) is 0 Å². The van der Waals surface area contributed by atoms with E-state index in [0.717, 1.165) is 30.0 Å². The van der Waals surface area contributed by atoms with Gasteiger partial charge in [0.2, 0.25) is 0 Å². The lowest BCUT2D eigenvalue weighted by molar-refractivity contribution is 0.494. The van der Waals surface area contributed by atoms with Crippen molar-refractivity contribution in [3.8, 4) is 0 Å². The molecule has 3 N–H and O–H groups in total. The zero-order valence-electron chi connectivity index (χ0n) is 8.49. The summed E-state index contributed by atoms with van der Waals surface area (Å²) in [5.74, 6) is 5.46.